The lowest BCUT2D eigenvalue weighted by Gasteiger charge is -2.12. The molecule has 1 aromatic rings. The molecule has 0 bridgehead atoms. The van der Waals surface area contributed by atoms with Crippen LogP contribution in [0.4, 0.5) is 8.78 Å². The number of rotatable bonds is 3. The highest BCUT2D eigenvalue weighted by Gasteiger charge is 2.33. The quantitative estimate of drug-likeness (QED) is 0.837. The van der Waals surface area contributed by atoms with Gasteiger partial charge in [-0.2, -0.15) is 4.39 Å². The molecule has 82 valence electrons. The van der Waals surface area contributed by atoms with Gasteiger partial charge in [0, 0.05) is 5.56 Å². The van der Waals surface area contributed by atoms with Crippen LogP contribution in [0, 0.1) is 17.6 Å². The Labute approximate surface area is 86.5 Å². The van der Waals surface area contributed by atoms with E-state index in [0.29, 0.717) is 0 Å². The Morgan fingerprint density at radius 3 is 2.53 bits per heavy atom. The average molecular weight is 214 g/mol. The SMILES string of the molecule is COc1ccc(C(O)C2CC2)c(F)c1F. The van der Waals surface area contributed by atoms with Gasteiger partial charge in [-0.15, -0.1) is 0 Å². The Bertz CT molecular complexity index is 375. The molecule has 0 spiro atoms. The highest BCUT2D eigenvalue weighted by Crippen LogP contribution is 2.42. The molecular weight excluding hydrogens is 202 g/mol. The molecule has 1 fully saturated rings. The zero-order valence-electron chi connectivity index (χ0n) is 8.34. The summed E-state index contributed by atoms with van der Waals surface area (Å²) in [5.74, 6) is -2.10. The fraction of sp³-hybridized carbons (Fsp3) is 0.455. The van der Waals surface area contributed by atoms with Crippen LogP contribution in [0.3, 0.4) is 0 Å². The number of methoxy groups -OCH3 is 1. The molecule has 0 aliphatic heterocycles. The van der Waals surface area contributed by atoms with Gasteiger partial charge in [0.25, 0.3) is 0 Å². The zero-order valence-corrected chi connectivity index (χ0v) is 8.34. The minimum Gasteiger partial charge on any atom is -0.494 e. The van der Waals surface area contributed by atoms with Crippen LogP contribution in [0.25, 0.3) is 0 Å². The summed E-state index contributed by atoms with van der Waals surface area (Å²) in [6.45, 7) is 0. The van der Waals surface area contributed by atoms with Gasteiger partial charge in [0.2, 0.25) is 5.82 Å². The minimum atomic E-state index is -1.03. The highest BCUT2D eigenvalue weighted by atomic mass is 19.2. The van der Waals surface area contributed by atoms with Gasteiger partial charge in [-0.05, 0) is 30.9 Å². The summed E-state index contributed by atoms with van der Waals surface area (Å²) in [4.78, 5) is 0. The number of benzene rings is 1. The van der Waals surface area contributed by atoms with Crippen LogP contribution < -0.4 is 4.74 Å². The van der Waals surface area contributed by atoms with E-state index in [1.54, 1.807) is 0 Å². The summed E-state index contributed by atoms with van der Waals surface area (Å²) in [5, 5.41) is 9.68. The molecule has 1 aromatic carbocycles. The molecule has 0 aromatic heterocycles. The molecule has 1 aliphatic carbocycles. The molecule has 1 saturated carbocycles. The minimum absolute atomic E-state index is 0.0239. The first-order valence-electron chi connectivity index (χ1n) is 4.85. The molecule has 2 nitrogen and oxygen atoms in total. The van der Waals surface area contributed by atoms with Gasteiger partial charge in [0.1, 0.15) is 0 Å². The number of ether oxygens (including phenoxy) is 1. The van der Waals surface area contributed by atoms with E-state index in [2.05, 4.69) is 4.74 Å². The lowest BCUT2D eigenvalue weighted by atomic mass is 10.0. The molecule has 1 atom stereocenters. The predicted octanol–water partition coefficient (Wildman–Crippen LogP) is 2.42. The second-order valence-corrected chi connectivity index (χ2v) is 3.77. The molecule has 0 saturated heterocycles. The fourth-order valence-electron chi connectivity index (χ4n) is 1.60. The number of hydrogen-bond donors (Lipinski definition) is 1. The largest absolute Gasteiger partial charge is 0.494 e. The van der Waals surface area contributed by atoms with E-state index < -0.39 is 17.7 Å². The lowest BCUT2D eigenvalue weighted by Crippen LogP contribution is -2.05. The maximum atomic E-state index is 13.5. The highest BCUT2D eigenvalue weighted by molar-refractivity contribution is 5.32. The molecular formula is C11H12F2O2. The first-order chi connectivity index (χ1) is 7.15. The lowest BCUT2D eigenvalue weighted by molar-refractivity contribution is 0.148. The Hall–Kier alpha value is -1.16. The van der Waals surface area contributed by atoms with Crippen LogP contribution in [-0.4, -0.2) is 12.2 Å². The molecule has 0 amide bonds. The Balaban J connectivity index is 2.36. The fourth-order valence-corrected chi connectivity index (χ4v) is 1.60. The zero-order chi connectivity index (χ0) is 11.0. The van der Waals surface area contributed by atoms with E-state index in [1.165, 1.54) is 19.2 Å². The molecule has 1 aliphatic rings. The van der Waals surface area contributed by atoms with Crippen LogP contribution in [0.2, 0.25) is 0 Å². The van der Waals surface area contributed by atoms with E-state index in [1.807, 2.05) is 0 Å². The van der Waals surface area contributed by atoms with E-state index in [4.69, 9.17) is 0 Å². The maximum absolute atomic E-state index is 13.5. The van der Waals surface area contributed by atoms with Gasteiger partial charge >= 0.3 is 0 Å². The smallest absolute Gasteiger partial charge is 0.200 e. The Morgan fingerprint density at radius 1 is 1.33 bits per heavy atom. The van der Waals surface area contributed by atoms with Crippen LogP contribution >= 0.6 is 0 Å². The van der Waals surface area contributed by atoms with E-state index in [9.17, 15) is 13.9 Å². The standard InChI is InChI=1S/C11H12F2O2/c1-15-8-5-4-7(9(12)10(8)13)11(14)6-2-3-6/h4-6,11,14H,2-3H2,1H3. The molecule has 1 unspecified atom stereocenters. The summed E-state index contributed by atoms with van der Waals surface area (Å²) in [6.07, 6.45) is 0.841. The van der Waals surface area contributed by atoms with Crippen molar-refractivity contribution in [2.75, 3.05) is 7.11 Å². The van der Waals surface area contributed by atoms with E-state index in [0.717, 1.165) is 12.8 Å². The molecule has 2 rings (SSSR count). The van der Waals surface area contributed by atoms with Crippen LogP contribution in [0.1, 0.15) is 24.5 Å². The van der Waals surface area contributed by atoms with Crippen molar-refractivity contribution < 1.29 is 18.6 Å². The van der Waals surface area contributed by atoms with Gasteiger partial charge in [0.05, 0.1) is 13.2 Å². The third kappa shape index (κ3) is 1.81. The van der Waals surface area contributed by atoms with Gasteiger partial charge in [0.15, 0.2) is 11.6 Å². The van der Waals surface area contributed by atoms with Crippen molar-refractivity contribution >= 4 is 0 Å². The van der Waals surface area contributed by atoms with Gasteiger partial charge < -0.3 is 9.84 Å². The van der Waals surface area contributed by atoms with Crippen molar-refractivity contribution in [3.8, 4) is 5.75 Å². The summed E-state index contributed by atoms with van der Waals surface area (Å²) in [6, 6.07) is 2.71. The summed E-state index contributed by atoms with van der Waals surface area (Å²) < 4.78 is 31.4. The third-order valence-corrected chi connectivity index (χ3v) is 2.68. The van der Waals surface area contributed by atoms with Crippen molar-refractivity contribution in [2.45, 2.75) is 18.9 Å². The monoisotopic (exact) mass is 214 g/mol. The predicted molar refractivity (Wildman–Crippen MR) is 50.6 cm³/mol. The van der Waals surface area contributed by atoms with Crippen molar-refractivity contribution in [2.24, 2.45) is 5.92 Å². The topological polar surface area (TPSA) is 29.5 Å². The van der Waals surface area contributed by atoms with Crippen molar-refractivity contribution in [1.29, 1.82) is 0 Å². The van der Waals surface area contributed by atoms with Gasteiger partial charge in [-0.3, -0.25) is 0 Å². The van der Waals surface area contributed by atoms with Gasteiger partial charge in [-0.1, -0.05) is 0 Å². The molecule has 15 heavy (non-hydrogen) atoms. The first-order valence-corrected chi connectivity index (χ1v) is 4.85. The second kappa shape index (κ2) is 3.77. The van der Waals surface area contributed by atoms with Crippen LogP contribution in [0.5, 0.6) is 5.75 Å². The average Bonchev–Trinajstić information content (AvgIpc) is 3.04. The molecule has 1 N–H and O–H groups in total. The van der Waals surface area contributed by atoms with E-state index >= 15 is 0 Å². The summed E-state index contributed by atoms with van der Waals surface area (Å²) in [5.41, 5.74) is 0.0239. The van der Waals surface area contributed by atoms with E-state index in [-0.39, 0.29) is 17.2 Å². The first kappa shape index (κ1) is 10.4. The third-order valence-electron chi connectivity index (χ3n) is 2.68. The van der Waals surface area contributed by atoms with Crippen molar-refractivity contribution in [3.05, 3.63) is 29.3 Å². The van der Waals surface area contributed by atoms with Crippen LogP contribution in [-0.2, 0) is 0 Å². The number of halogens is 2. The Kier molecular flexibility index (Phi) is 2.61. The molecule has 4 heteroatoms. The molecule has 0 heterocycles. The van der Waals surface area contributed by atoms with Gasteiger partial charge in [-0.25, -0.2) is 4.39 Å². The number of aliphatic hydroxyl groups excluding tert-OH is 1. The summed E-state index contributed by atoms with van der Waals surface area (Å²) >= 11 is 0. The van der Waals surface area contributed by atoms with Crippen molar-refractivity contribution in [1.82, 2.24) is 0 Å². The normalized spacial score (nSPS) is 17.6. The van der Waals surface area contributed by atoms with Crippen molar-refractivity contribution in [3.63, 3.8) is 0 Å². The second-order valence-electron chi connectivity index (χ2n) is 3.77. The Morgan fingerprint density at radius 2 is 2.00 bits per heavy atom. The number of aliphatic hydroxyl groups is 1. The number of hydrogen-bond acceptors (Lipinski definition) is 2. The maximum Gasteiger partial charge on any atom is 0.200 e. The summed E-state index contributed by atoms with van der Waals surface area (Å²) in [7, 11) is 1.27. The molecule has 0 radical (unpaired) electrons. The van der Waals surface area contributed by atoms with Crippen LogP contribution in [0.15, 0.2) is 12.1 Å².